The zero-order valence-corrected chi connectivity index (χ0v) is 24.6. The Hall–Kier alpha value is -3.34. The van der Waals surface area contributed by atoms with Gasteiger partial charge in [-0.25, -0.2) is 9.78 Å². The number of aldehydes is 1. The van der Waals surface area contributed by atoms with Crippen molar-refractivity contribution >= 4 is 59.1 Å². The van der Waals surface area contributed by atoms with Crippen molar-refractivity contribution in [1.29, 1.82) is 0 Å². The summed E-state index contributed by atoms with van der Waals surface area (Å²) < 4.78 is 8.60. The number of nitrogens with one attached hydrogen (secondary N) is 3. The van der Waals surface area contributed by atoms with Gasteiger partial charge in [0.15, 0.2) is 0 Å². The maximum Gasteiger partial charge on any atom is 0.410 e. The third-order valence-corrected chi connectivity index (χ3v) is 7.90. The lowest BCUT2D eigenvalue weighted by Gasteiger charge is -2.31. The Labute approximate surface area is 243 Å². The number of hydrogen-bond acceptors (Lipinski definition) is 9. The number of benzene rings is 2. The number of rotatable bonds is 8. The highest BCUT2D eigenvalue weighted by atomic mass is 35.5. The Balaban J connectivity index is 1.39. The minimum absolute atomic E-state index is 0.332. The SMILES string of the molecule is CNSc1ccc(Nc2ncc(C3(C=O)CC3)c(Nc3cc4c(cc3Cl)CN(C(=O)OC(C)(C)C)CC4)n2)cc1. The summed E-state index contributed by atoms with van der Waals surface area (Å²) in [6.07, 6.45) is 4.55. The number of amides is 1. The summed E-state index contributed by atoms with van der Waals surface area (Å²) in [7, 11) is 1.88. The number of carbonyl (C=O) groups is 2. The first-order valence-corrected chi connectivity index (χ1v) is 14.4. The standard InChI is InChI=1S/C29H33ClN6O3S/c1-28(2,3)39-27(38)36-12-9-18-14-24(23(30)13-19(18)16-36)34-25-22(29(17-37)10-11-29)15-32-26(35-25)33-20-5-7-21(8-6-20)40-31-4/h5-8,13-15,17,31H,9-12,16H2,1-4H3,(H2,32,33,34,35). The van der Waals surface area contributed by atoms with Crippen molar-refractivity contribution in [3.05, 3.63) is 64.3 Å². The number of ether oxygens (including phenoxy) is 1. The first-order valence-electron chi connectivity index (χ1n) is 13.2. The highest BCUT2D eigenvalue weighted by Crippen LogP contribution is 2.49. The van der Waals surface area contributed by atoms with E-state index in [0.717, 1.165) is 46.4 Å². The number of anilines is 4. The maximum absolute atomic E-state index is 12.6. The van der Waals surface area contributed by atoms with E-state index >= 15 is 0 Å². The second-order valence-corrected chi connectivity index (χ2v) is 12.6. The summed E-state index contributed by atoms with van der Waals surface area (Å²) in [6, 6.07) is 11.8. The topological polar surface area (TPSA) is 108 Å². The second-order valence-electron chi connectivity index (χ2n) is 11.1. The predicted octanol–water partition coefficient (Wildman–Crippen LogP) is 6.37. The van der Waals surface area contributed by atoms with Crippen LogP contribution in [0.15, 0.2) is 47.5 Å². The minimum Gasteiger partial charge on any atom is -0.444 e. The molecule has 2 aromatic carbocycles. The molecule has 1 aromatic heterocycles. The van der Waals surface area contributed by atoms with Crippen LogP contribution >= 0.6 is 23.5 Å². The third kappa shape index (κ3) is 6.35. The highest BCUT2D eigenvalue weighted by Gasteiger charge is 2.47. The highest BCUT2D eigenvalue weighted by molar-refractivity contribution is 7.97. The smallest absolute Gasteiger partial charge is 0.410 e. The molecule has 2 heterocycles. The van der Waals surface area contributed by atoms with E-state index in [-0.39, 0.29) is 6.09 Å². The van der Waals surface area contributed by atoms with Crippen LogP contribution in [0.5, 0.6) is 0 Å². The molecule has 2 aliphatic rings. The molecule has 0 spiro atoms. The summed E-state index contributed by atoms with van der Waals surface area (Å²) in [5.74, 6) is 0.946. The molecule has 0 unspecified atom stereocenters. The fraction of sp³-hybridized carbons (Fsp3) is 0.379. The lowest BCUT2D eigenvalue weighted by molar-refractivity contribution is -0.109. The second kappa shape index (κ2) is 11.3. The van der Waals surface area contributed by atoms with Crippen LogP contribution in [-0.4, -0.2) is 46.4 Å². The van der Waals surface area contributed by atoms with E-state index in [9.17, 15) is 9.59 Å². The molecule has 3 aromatic rings. The molecule has 11 heteroatoms. The first kappa shape index (κ1) is 28.2. The van der Waals surface area contributed by atoms with Crippen molar-refractivity contribution in [2.45, 2.75) is 62.5 Å². The van der Waals surface area contributed by atoms with Crippen LogP contribution in [0.3, 0.4) is 0 Å². The van der Waals surface area contributed by atoms with Gasteiger partial charge in [0.2, 0.25) is 5.95 Å². The molecular weight excluding hydrogens is 548 g/mol. The fourth-order valence-electron chi connectivity index (χ4n) is 4.63. The van der Waals surface area contributed by atoms with Crippen LogP contribution in [0.1, 0.15) is 50.3 Å². The van der Waals surface area contributed by atoms with Crippen molar-refractivity contribution in [3.63, 3.8) is 0 Å². The van der Waals surface area contributed by atoms with Crippen molar-refractivity contribution in [2.75, 3.05) is 24.2 Å². The number of carbonyl (C=O) groups excluding carboxylic acids is 2. The van der Waals surface area contributed by atoms with E-state index < -0.39 is 11.0 Å². The van der Waals surface area contributed by atoms with E-state index in [1.165, 1.54) is 11.9 Å². The Morgan fingerprint density at radius 3 is 2.55 bits per heavy atom. The van der Waals surface area contributed by atoms with Gasteiger partial charge in [0, 0.05) is 35.4 Å². The van der Waals surface area contributed by atoms with Gasteiger partial charge in [0.25, 0.3) is 0 Å². The number of aromatic nitrogens is 2. The van der Waals surface area contributed by atoms with Gasteiger partial charge in [-0.15, -0.1) is 0 Å². The van der Waals surface area contributed by atoms with Gasteiger partial charge in [0.1, 0.15) is 17.7 Å². The summed E-state index contributed by atoms with van der Waals surface area (Å²) >= 11 is 8.27. The Morgan fingerprint density at radius 1 is 1.15 bits per heavy atom. The molecule has 5 rings (SSSR count). The lowest BCUT2D eigenvalue weighted by Crippen LogP contribution is -2.39. The van der Waals surface area contributed by atoms with E-state index in [1.54, 1.807) is 11.1 Å². The van der Waals surface area contributed by atoms with Crippen molar-refractivity contribution in [2.24, 2.45) is 0 Å². The van der Waals surface area contributed by atoms with Crippen LogP contribution in [0.2, 0.25) is 5.02 Å². The van der Waals surface area contributed by atoms with E-state index in [4.69, 9.17) is 21.3 Å². The third-order valence-electron chi connectivity index (χ3n) is 6.88. The average molecular weight is 581 g/mol. The molecule has 0 radical (unpaired) electrons. The van der Waals surface area contributed by atoms with Gasteiger partial charge < -0.3 is 25.1 Å². The normalized spacial score (nSPS) is 15.7. The van der Waals surface area contributed by atoms with Gasteiger partial charge in [-0.1, -0.05) is 11.6 Å². The summed E-state index contributed by atoms with van der Waals surface area (Å²) in [5, 5.41) is 7.14. The van der Waals surface area contributed by atoms with Crippen LogP contribution < -0.4 is 15.4 Å². The molecule has 1 aliphatic heterocycles. The van der Waals surface area contributed by atoms with Gasteiger partial charge in [-0.2, -0.15) is 4.98 Å². The molecule has 1 amide bonds. The molecule has 1 aliphatic carbocycles. The van der Waals surface area contributed by atoms with Crippen molar-refractivity contribution in [3.8, 4) is 0 Å². The number of hydrogen-bond donors (Lipinski definition) is 3. The Kier molecular flexibility index (Phi) is 7.94. The molecule has 1 fully saturated rings. The molecule has 3 N–H and O–H groups in total. The Morgan fingerprint density at radius 2 is 1.90 bits per heavy atom. The van der Waals surface area contributed by atoms with E-state index in [2.05, 4.69) is 20.3 Å². The molecule has 9 nitrogen and oxygen atoms in total. The van der Waals surface area contributed by atoms with Crippen LogP contribution in [0.4, 0.5) is 27.9 Å². The van der Waals surface area contributed by atoms with Crippen LogP contribution in [0, 0.1) is 0 Å². The molecule has 0 saturated heterocycles. The molecule has 40 heavy (non-hydrogen) atoms. The fourth-order valence-corrected chi connectivity index (χ4v) is 5.37. The van der Waals surface area contributed by atoms with Crippen LogP contribution in [0.25, 0.3) is 0 Å². The maximum atomic E-state index is 12.6. The summed E-state index contributed by atoms with van der Waals surface area (Å²) in [6.45, 7) is 6.55. The molecule has 210 valence electrons. The van der Waals surface area contributed by atoms with Gasteiger partial charge in [0.05, 0.1) is 16.1 Å². The lowest BCUT2D eigenvalue weighted by atomic mass is 9.98. The number of halogens is 1. The number of nitrogens with zero attached hydrogens (tertiary/aromatic N) is 3. The quantitative estimate of drug-likeness (QED) is 0.207. The average Bonchev–Trinajstić information content (AvgIpc) is 3.70. The van der Waals surface area contributed by atoms with Crippen LogP contribution in [-0.2, 0) is 27.9 Å². The Bertz CT molecular complexity index is 1420. The molecule has 0 bridgehead atoms. The van der Waals surface area contributed by atoms with Gasteiger partial charge in [-0.3, -0.25) is 4.72 Å². The predicted molar refractivity (Wildman–Crippen MR) is 159 cm³/mol. The summed E-state index contributed by atoms with van der Waals surface area (Å²) in [4.78, 5) is 36.7. The molecule has 1 saturated carbocycles. The van der Waals surface area contributed by atoms with Gasteiger partial charge in [-0.05, 0) is 107 Å². The molecule has 0 atom stereocenters. The monoisotopic (exact) mass is 580 g/mol. The zero-order chi connectivity index (χ0) is 28.5. The summed E-state index contributed by atoms with van der Waals surface area (Å²) in [5.41, 5.74) is 3.21. The first-order chi connectivity index (χ1) is 19.1. The van der Waals surface area contributed by atoms with E-state index in [1.807, 2.05) is 64.2 Å². The van der Waals surface area contributed by atoms with Gasteiger partial charge >= 0.3 is 6.09 Å². The largest absolute Gasteiger partial charge is 0.444 e. The minimum atomic E-state index is -0.582. The van der Waals surface area contributed by atoms with E-state index in [0.29, 0.717) is 42.0 Å². The van der Waals surface area contributed by atoms with Crippen molar-refractivity contribution < 1.29 is 14.3 Å². The van der Waals surface area contributed by atoms with Crippen molar-refractivity contribution in [1.82, 2.24) is 19.6 Å². The molecular formula is C29H33ClN6O3S. The number of fused-ring (bicyclic) bond motifs is 1. The zero-order valence-electron chi connectivity index (χ0n) is 23.0.